The minimum atomic E-state index is -0.919. The molecule has 174 valence electrons. The molecule has 1 saturated heterocycles. The highest BCUT2D eigenvalue weighted by atomic mass is 16.6. The lowest BCUT2D eigenvalue weighted by Crippen LogP contribution is -2.28. The van der Waals surface area contributed by atoms with Gasteiger partial charge in [-0.3, -0.25) is 4.79 Å². The second-order valence-electron chi connectivity index (χ2n) is 8.75. The minimum absolute atomic E-state index is 0.121. The van der Waals surface area contributed by atoms with Crippen LogP contribution in [-0.2, 0) is 19.1 Å². The number of esters is 1. The molecule has 2 heterocycles. The maximum Gasteiger partial charge on any atom is 0.355 e. The number of aliphatic hydroxyl groups excluding tert-OH is 1. The number of nitrogens with one attached hydrogen (secondary N) is 1. The summed E-state index contributed by atoms with van der Waals surface area (Å²) < 4.78 is 10.9. The highest BCUT2D eigenvalue weighted by Gasteiger charge is 2.36. The van der Waals surface area contributed by atoms with E-state index in [1.54, 1.807) is 25.2 Å². The molecule has 1 amide bonds. The van der Waals surface area contributed by atoms with Crippen LogP contribution in [0.15, 0.2) is 36.1 Å². The third kappa shape index (κ3) is 9.40. The number of carbonyl (C=O) groups excluding carboxylic acids is 2. The molecule has 0 radical (unpaired) electrons. The first kappa shape index (κ1) is 25.3. The third-order valence-electron chi connectivity index (χ3n) is 5.84. The van der Waals surface area contributed by atoms with Gasteiger partial charge in [0.15, 0.2) is 0 Å². The van der Waals surface area contributed by atoms with Gasteiger partial charge in [-0.2, -0.15) is 0 Å². The number of amides is 1. The zero-order valence-electron chi connectivity index (χ0n) is 19.3. The van der Waals surface area contributed by atoms with E-state index < -0.39 is 23.6 Å². The number of hydrogen-bond donors (Lipinski definition) is 2. The number of aliphatic hydroxyl groups is 1. The van der Waals surface area contributed by atoms with E-state index in [-0.39, 0.29) is 12.1 Å². The number of cyclic esters (lactones) is 1. The average Bonchev–Trinajstić information content (AvgIpc) is 3.40. The normalized spacial score (nSPS) is 26.3. The lowest BCUT2D eigenvalue weighted by Gasteiger charge is -2.17. The van der Waals surface area contributed by atoms with Crippen molar-refractivity contribution in [3.63, 3.8) is 0 Å². The van der Waals surface area contributed by atoms with Crippen LogP contribution in [0, 0.1) is 0 Å². The molecular formula is C25H39NO5. The molecule has 0 saturated carbocycles. The molecule has 1 fully saturated rings. The van der Waals surface area contributed by atoms with Crippen LogP contribution >= 0.6 is 0 Å². The quantitative estimate of drug-likeness (QED) is 0.172. The van der Waals surface area contributed by atoms with Gasteiger partial charge in [-0.25, -0.2) is 4.79 Å². The number of epoxide rings is 1. The lowest BCUT2D eigenvalue weighted by molar-refractivity contribution is -0.146. The number of hydrogen-bond acceptors (Lipinski definition) is 5. The Labute approximate surface area is 186 Å². The fourth-order valence-electron chi connectivity index (χ4n) is 3.63. The van der Waals surface area contributed by atoms with E-state index >= 15 is 0 Å². The van der Waals surface area contributed by atoms with Gasteiger partial charge >= 0.3 is 5.97 Å². The van der Waals surface area contributed by atoms with Crippen molar-refractivity contribution in [2.45, 2.75) is 109 Å². The van der Waals surface area contributed by atoms with Crippen LogP contribution in [0.25, 0.3) is 0 Å². The summed E-state index contributed by atoms with van der Waals surface area (Å²) in [6.07, 6.45) is 19.0. The van der Waals surface area contributed by atoms with Gasteiger partial charge in [0.1, 0.15) is 11.3 Å². The Morgan fingerprint density at radius 1 is 1.19 bits per heavy atom. The van der Waals surface area contributed by atoms with E-state index in [9.17, 15) is 14.7 Å². The standard InChI is InChI=1S/C25H39NO5/c1-4-6-7-8-9-12-15-21-22(30-21)16-13-10-11-14-19(27)17-23(28)26-20-18-25(3,5-2)31-24(20)29/h10-11,13-14,18-19,21-22,27H,4-9,12,15-17H2,1-3H3,(H,26,28)/b13-10+,14-11-/t19-,21-,22+,25-/m0/s1. The largest absolute Gasteiger partial charge is 0.450 e. The van der Waals surface area contributed by atoms with E-state index in [2.05, 4.69) is 12.2 Å². The highest BCUT2D eigenvalue weighted by Crippen LogP contribution is 2.30. The molecule has 0 aromatic rings. The van der Waals surface area contributed by atoms with E-state index in [1.807, 2.05) is 19.1 Å². The molecule has 0 aliphatic carbocycles. The Morgan fingerprint density at radius 3 is 2.65 bits per heavy atom. The molecule has 6 heteroatoms. The second-order valence-corrected chi connectivity index (χ2v) is 8.75. The van der Waals surface area contributed by atoms with Gasteiger partial charge in [-0.15, -0.1) is 0 Å². The number of carbonyl (C=O) groups is 2. The van der Waals surface area contributed by atoms with Crippen molar-refractivity contribution in [1.82, 2.24) is 5.32 Å². The van der Waals surface area contributed by atoms with Gasteiger partial charge < -0.3 is 19.9 Å². The van der Waals surface area contributed by atoms with Crippen LogP contribution < -0.4 is 5.32 Å². The van der Waals surface area contributed by atoms with Crippen molar-refractivity contribution in [3.05, 3.63) is 36.1 Å². The van der Waals surface area contributed by atoms with Gasteiger partial charge in [0.25, 0.3) is 0 Å². The molecule has 2 aliphatic heterocycles. The molecule has 31 heavy (non-hydrogen) atoms. The molecule has 0 aromatic carbocycles. The van der Waals surface area contributed by atoms with Crippen molar-refractivity contribution in [1.29, 1.82) is 0 Å². The molecule has 2 rings (SSSR count). The fraction of sp³-hybridized carbons (Fsp3) is 0.680. The summed E-state index contributed by atoms with van der Waals surface area (Å²) in [5.74, 6) is -0.962. The summed E-state index contributed by atoms with van der Waals surface area (Å²) in [4.78, 5) is 23.9. The molecule has 0 spiro atoms. The van der Waals surface area contributed by atoms with E-state index in [0.29, 0.717) is 18.6 Å². The van der Waals surface area contributed by atoms with Gasteiger partial charge in [0.2, 0.25) is 5.91 Å². The Balaban J connectivity index is 1.56. The smallest absolute Gasteiger partial charge is 0.355 e. The highest BCUT2D eigenvalue weighted by molar-refractivity contribution is 5.96. The van der Waals surface area contributed by atoms with Crippen molar-refractivity contribution in [2.24, 2.45) is 0 Å². The van der Waals surface area contributed by atoms with E-state index in [1.165, 1.54) is 38.5 Å². The third-order valence-corrected chi connectivity index (χ3v) is 5.84. The average molecular weight is 434 g/mol. The van der Waals surface area contributed by atoms with Crippen molar-refractivity contribution in [2.75, 3.05) is 0 Å². The Bertz CT molecular complexity index is 683. The molecular weight excluding hydrogens is 394 g/mol. The zero-order valence-corrected chi connectivity index (χ0v) is 19.3. The van der Waals surface area contributed by atoms with Crippen molar-refractivity contribution >= 4 is 11.9 Å². The molecule has 0 bridgehead atoms. The lowest BCUT2D eigenvalue weighted by atomic mass is 10.0. The summed E-state index contributed by atoms with van der Waals surface area (Å²) >= 11 is 0. The van der Waals surface area contributed by atoms with E-state index in [4.69, 9.17) is 9.47 Å². The molecule has 0 aromatic heterocycles. The van der Waals surface area contributed by atoms with Gasteiger partial charge in [-0.05, 0) is 32.3 Å². The predicted octanol–water partition coefficient (Wildman–Crippen LogP) is 4.48. The first-order chi connectivity index (χ1) is 14.9. The first-order valence-electron chi connectivity index (χ1n) is 11.8. The molecule has 0 unspecified atom stereocenters. The Kier molecular flexibility index (Phi) is 10.5. The SMILES string of the molecule is CCCCCCCC[C@@H]1O[C@@H]1C/C=C/C=C\[C@H](O)CC(=O)NC1=C[C@](C)(CC)OC1=O. The summed E-state index contributed by atoms with van der Waals surface area (Å²) in [7, 11) is 0. The molecule has 4 atom stereocenters. The topological polar surface area (TPSA) is 88.2 Å². The predicted molar refractivity (Wildman–Crippen MR) is 121 cm³/mol. The number of ether oxygens (including phenoxy) is 2. The molecule has 6 nitrogen and oxygen atoms in total. The number of unbranched alkanes of at least 4 members (excludes halogenated alkanes) is 5. The van der Waals surface area contributed by atoms with Crippen LogP contribution in [0.3, 0.4) is 0 Å². The van der Waals surface area contributed by atoms with Gasteiger partial charge in [0, 0.05) is 0 Å². The molecule has 2 N–H and O–H groups in total. The minimum Gasteiger partial charge on any atom is -0.450 e. The van der Waals surface area contributed by atoms with Gasteiger partial charge in [-0.1, -0.05) is 76.7 Å². The monoisotopic (exact) mass is 433 g/mol. The fourth-order valence-corrected chi connectivity index (χ4v) is 3.63. The second kappa shape index (κ2) is 12.8. The maximum absolute atomic E-state index is 12.0. The summed E-state index contributed by atoms with van der Waals surface area (Å²) in [6.45, 7) is 5.93. The van der Waals surface area contributed by atoms with Crippen LogP contribution in [0.5, 0.6) is 0 Å². The van der Waals surface area contributed by atoms with Crippen molar-refractivity contribution < 1.29 is 24.2 Å². The summed E-state index contributed by atoms with van der Waals surface area (Å²) in [5, 5.41) is 12.5. The van der Waals surface area contributed by atoms with Crippen LogP contribution in [-0.4, -0.2) is 40.9 Å². The maximum atomic E-state index is 12.0. The zero-order chi connectivity index (χ0) is 22.7. The van der Waals surface area contributed by atoms with Crippen LogP contribution in [0.4, 0.5) is 0 Å². The summed E-state index contributed by atoms with van der Waals surface area (Å²) in [6, 6.07) is 0. The first-order valence-corrected chi connectivity index (χ1v) is 11.8. The Hall–Kier alpha value is -1.92. The summed E-state index contributed by atoms with van der Waals surface area (Å²) in [5.41, 5.74) is -0.535. The van der Waals surface area contributed by atoms with Crippen LogP contribution in [0.1, 0.15) is 85.0 Å². The van der Waals surface area contributed by atoms with Crippen molar-refractivity contribution in [3.8, 4) is 0 Å². The number of rotatable bonds is 15. The Morgan fingerprint density at radius 2 is 1.94 bits per heavy atom. The number of allylic oxidation sites excluding steroid dienone is 2. The van der Waals surface area contributed by atoms with Crippen LogP contribution in [0.2, 0.25) is 0 Å². The molecule has 2 aliphatic rings. The van der Waals surface area contributed by atoms with Gasteiger partial charge in [0.05, 0.1) is 24.7 Å². The van der Waals surface area contributed by atoms with E-state index in [0.717, 1.165) is 12.8 Å².